The highest BCUT2D eigenvalue weighted by Crippen LogP contribution is 2.22. The minimum Gasteiger partial charge on any atom is -0.394 e. The van der Waals surface area contributed by atoms with Gasteiger partial charge in [-0.3, -0.25) is 0 Å². The van der Waals surface area contributed by atoms with Crippen LogP contribution in [0.2, 0.25) is 0 Å². The molecule has 2 heterocycles. The van der Waals surface area contributed by atoms with Crippen LogP contribution in [0.1, 0.15) is 12.0 Å². The van der Waals surface area contributed by atoms with E-state index in [0.717, 1.165) is 0 Å². The lowest BCUT2D eigenvalue weighted by Crippen LogP contribution is -2.31. The lowest BCUT2D eigenvalue weighted by molar-refractivity contribution is 0.00512. The monoisotopic (exact) mass is 287 g/mol. The van der Waals surface area contributed by atoms with Gasteiger partial charge in [-0.15, -0.1) is 0 Å². The van der Waals surface area contributed by atoms with Crippen LogP contribution in [0.5, 0.6) is 0 Å². The number of halogens is 1. The van der Waals surface area contributed by atoms with Crippen molar-refractivity contribution in [3.8, 4) is 0 Å². The number of nitrogens with zero attached hydrogens (tertiary/aromatic N) is 1. The number of ether oxygens (including phenoxy) is 1. The van der Waals surface area contributed by atoms with E-state index in [1.54, 1.807) is 0 Å². The number of hydrogen-bond donors (Lipinski definition) is 4. The van der Waals surface area contributed by atoms with E-state index < -0.39 is 24.1 Å². The molecule has 3 atom stereocenters. The third-order valence-corrected chi connectivity index (χ3v) is 2.88. The van der Waals surface area contributed by atoms with Crippen molar-refractivity contribution in [2.75, 3.05) is 11.9 Å². The smallest absolute Gasteiger partial charge is 0.346 e. The summed E-state index contributed by atoms with van der Waals surface area (Å²) in [6.45, 7) is -0.174. The van der Waals surface area contributed by atoms with Crippen molar-refractivity contribution in [2.24, 2.45) is 0 Å². The Labute approximate surface area is 113 Å². The molecule has 0 aliphatic carbocycles. The van der Waals surface area contributed by atoms with Gasteiger partial charge in [-0.1, -0.05) is 11.6 Å². The summed E-state index contributed by atoms with van der Waals surface area (Å²) in [6, 6.07) is 0. The molecule has 0 spiro atoms. The van der Waals surface area contributed by atoms with Gasteiger partial charge in [0.25, 0.3) is 0 Å². The molecule has 1 aromatic rings. The first-order valence-corrected chi connectivity index (χ1v) is 6.15. The lowest BCUT2D eigenvalue weighted by Gasteiger charge is -2.17. The van der Waals surface area contributed by atoms with Crippen LogP contribution < -0.4 is 11.0 Å². The number of aromatic nitrogens is 2. The van der Waals surface area contributed by atoms with Crippen molar-refractivity contribution in [1.82, 2.24) is 9.97 Å². The molecule has 0 saturated carbocycles. The van der Waals surface area contributed by atoms with Crippen LogP contribution in [0.4, 0.5) is 5.82 Å². The molecule has 4 N–H and O–H groups in total. The topological polar surface area (TPSA) is 107 Å². The first-order valence-electron chi connectivity index (χ1n) is 5.71. The van der Waals surface area contributed by atoms with Gasteiger partial charge in [0.15, 0.2) is 6.23 Å². The molecule has 0 bridgehead atoms. The van der Waals surface area contributed by atoms with E-state index in [1.165, 1.54) is 17.8 Å². The van der Waals surface area contributed by atoms with Crippen LogP contribution in [0.15, 0.2) is 16.5 Å². The second-order valence-electron chi connectivity index (χ2n) is 4.11. The highest BCUT2D eigenvalue weighted by molar-refractivity contribution is 6.27. The quantitative estimate of drug-likeness (QED) is 0.614. The minimum atomic E-state index is -0.786. The standard InChI is InChI=1S/C11H14ClN3O4/c12-2-1-6-4-13-11(18)15-9(6)14-10-8(17)3-7(5-16)19-10/h1-2,4,7-8,10,16-17H,3,5H2,(H2,13,14,15,18)/t7-,8+,10+/m0/s1. The summed E-state index contributed by atoms with van der Waals surface area (Å²) in [7, 11) is 0. The first kappa shape index (κ1) is 14.0. The third-order valence-electron chi connectivity index (χ3n) is 2.76. The maximum Gasteiger partial charge on any atom is 0.346 e. The molecule has 104 valence electrons. The van der Waals surface area contributed by atoms with Gasteiger partial charge >= 0.3 is 5.69 Å². The Morgan fingerprint density at radius 1 is 1.68 bits per heavy atom. The van der Waals surface area contributed by atoms with E-state index in [0.29, 0.717) is 12.0 Å². The van der Waals surface area contributed by atoms with Gasteiger partial charge in [0.2, 0.25) is 0 Å². The Morgan fingerprint density at radius 2 is 2.47 bits per heavy atom. The molecule has 1 aromatic heterocycles. The largest absolute Gasteiger partial charge is 0.394 e. The summed E-state index contributed by atoms with van der Waals surface area (Å²) >= 11 is 5.50. The summed E-state index contributed by atoms with van der Waals surface area (Å²) in [6.07, 6.45) is 1.36. The summed E-state index contributed by atoms with van der Waals surface area (Å²) in [4.78, 5) is 17.4. The van der Waals surface area contributed by atoms with Gasteiger partial charge in [0, 0.05) is 23.7 Å². The molecule has 1 aliphatic rings. The Balaban J connectivity index is 2.18. The Bertz CT molecular complexity index is 519. The summed E-state index contributed by atoms with van der Waals surface area (Å²) < 4.78 is 5.38. The summed E-state index contributed by atoms with van der Waals surface area (Å²) in [5.41, 5.74) is 1.31. The van der Waals surface area contributed by atoms with Crippen molar-refractivity contribution < 1.29 is 14.9 Å². The molecular weight excluding hydrogens is 274 g/mol. The van der Waals surface area contributed by atoms with Gasteiger partial charge in [0.05, 0.1) is 12.7 Å². The molecule has 7 nitrogen and oxygen atoms in total. The number of aliphatic hydroxyl groups is 2. The second kappa shape index (κ2) is 6.16. The zero-order valence-corrected chi connectivity index (χ0v) is 10.7. The van der Waals surface area contributed by atoms with Crippen LogP contribution in [0.25, 0.3) is 6.08 Å². The predicted molar refractivity (Wildman–Crippen MR) is 69.7 cm³/mol. The number of aromatic amines is 1. The summed E-state index contributed by atoms with van der Waals surface area (Å²) in [5.74, 6) is 0.253. The van der Waals surface area contributed by atoms with Gasteiger partial charge in [0.1, 0.15) is 11.9 Å². The zero-order valence-electron chi connectivity index (χ0n) is 9.91. The molecule has 1 fully saturated rings. The molecule has 1 aliphatic heterocycles. The fraction of sp³-hybridized carbons (Fsp3) is 0.455. The van der Waals surface area contributed by atoms with Crippen LogP contribution in [0.3, 0.4) is 0 Å². The predicted octanol–water partition coefficient (Wildman–Crippen LogP) is -0.140. The normalized spacial score (nSPS) is 27.0. The highest BCUT2D eigenvalue weighted by atomic mass is 35.5. The molecular formula is C11H14ClN3O4. The number of aliphatic hydroxyl groups excluding tert-OH is 2. The molecule has 19 heavy (non-hydrogen) atoms. The molecule has 8 heteroatoms. The molecule has 0 radical (unpaired) electrons. The first-order chi connectivity index (χ1) is 9.13. The number of rotatable bonds is 4. The van der Waals surface area contributed by atoms with E-state index in [2.05, 4.69) is 15.3 Å². The van der Waals surface area contributed by atoms with Crippen LogP contribution in [-0.4, -0.2) is 45.2 Å². The fourth-order valence-electron chi connectivity index (χ4n) is 1.85. The van der Waals surface area contributed by atoms with E-state index in [4.69, 9.17) is 21.4 Å². The second-order valence-corrected chi connectivity index (χ2v) is 4.36. The molecule has 1 saturated heterocycles. The summed E-state index contributed by atoms with van der Waals surface area (Å²) in [5, 5.41) is 21.6. The number of hydrogen-bond acceptors (Lipinski definition) is 6. The van der Waals surface area contributed by atoms with Gasteiger partial charge < -0.3 is 25.3 Å². The zero-order chi connectivity index (χ0) is 13.8. The molecule has 2 rings (SSSR count). The van der Waals surface area contributed by atoms with Gasteiger partial charge in [-0.25, -0.2) is 4.79 Å². The van der Waals surface area contributed by atoms with Crippen LogP contribution >= 0.6 is 11.6 Å². The number of anilines is 1. The fourth-order valence-corrected chi connectivity index (χ4v) is 1.98. The van der Waals surface area contributed by atoms with Crippen LogP contribution in [-0.2, 0) is 4.74 Å². The van der Waals surface area contributed by atoms with Crippen molar-refractivity contribution in [3.63, 3.8) is 0 Å². The highest BCUT2D eigenvalue weighted by Gasteiger charge is 2.33. The third kappa shape index (κ3) is 3.32. The molecule has 0 amide bonds. The van der Waals surface area contributed by atoms with E-state index in [-0.39, 0.29) is 12.4 Å². The SMILES string of the molecule is O=c1nc(N[C@@H]2O[C@H](CO)C[C@H]2O)c(C=CCl)c[nH]1. The minimum absolute atomic E-state index is 0.174. The maximum atomic E-state index is 11.2. The van der Waals surface area contributed by atoms with Gasteiger partial charge in [-0.05, 0) is 6.08 Å². The molecule has 0 unspecified atom stereocenters. The number of H-pyrrole nitrogens is 1. The lowest BCUT2D eigenvalue weighted by atomic mass is 10.2. The average Bonchev–Trinajstić information content (AvgIpc) is 2.74. The molecule has 0 aromatic carbocycles. The Kier molecular flexibility index (Phi) is 4.54. The van der Waals surface area contributed by atoms with Gasteiger partial charge in [-0.2, -0.15) is 4.98 Å². The van der Waals surface area contributed by atoms with E-state index >= 15 is 0 Å². The maximum absolute atomic E-state index is 11.2. The van der Waals surface area contributed by atoms with E-state index in [1.807, 2.05) is 0 Å². The van der Waals surface area contributed by atoms with Crippen molar-refractivity contribution in [2.45, 2.75) is 24.9 Å². The van der Waals surface area contributed by atoms with Crippen LogP contribution in [0, 0.1) is 0 Å². The Hall–Kier alpha value is -1.41. The van der Waals surface area contributed by atoms with Crippen molar-refractivity contribution in [3.05, 3.63) is 27.8 Å². The average molecular weight is 288 g/mol. The van der Waals surface area contributed by atoms with Crippen molar-refractivity contribution >= 4 is 23.5 Å². The van der Waals surface area contributed by atoms with Crippen molar-refractivity contribution in [1.29, 1.82) is 0 Å². The number of nitrogens with one attached hydrogen (secondary N) is 2. The Morgan fingerprint density at radius 3 is 3.11 bits per heavy atom. The van der Waals surface area contributed by atoms with E-state index in [9.17, 15) is 9.90 Å².